The van der Waals surface area contributed by atoms with E-state index in [1.807, 2.05) is 6.92 Å². The van der Waals surface area contributed by atoms with Crippen LogP contribution in [0.1, 0.15) is 26.7 Å². The molecule has 1 aliphatic carbocycles. The molecule has 2 aliphatic rings. The van der Waals surface area contributed by atoms with Crippen molar-refractivity contribution in [2.75, 3.05) is 19.6 Å². The number of rotatable bonds is 1. The summed E-state index contributed by atoms with van der Waals surface area (Å²) in [7, 11) is 0. The van der Waals surface area contributed by atoms with Crippen molar-refractivity contribution in [3.63, 3.8) is 0 Å². The van der Waals surface area contributed by atoms with Crippen molar-refractivity contribution in [2.24, 2.45) is 5.41 Å². The van der Waals surface area contributed by atoms with Gasteiger partial charge in [0.05, 0.1) is 5.60 Å². The first-order valence-electron chi connectivity index (χ1n) is 4.50. The van der Waals surface area contributed by atoms with E-state index in [1.165, 1.54) is 19.6 Å². The third-order valence-corrected chi connectivity index (χ3v) is 3.08. The van der Waals surface area contributed by atoms with Crippen LogP contribution in [0.15, 0.2) is 0 Å². The zero-order chi connectivity index (χ0) is 8.11. The Morgan fingerprint density at radius 2 is 1.91 bits per heavy atom. The van der Waals surface area contributed by atoms with E-state index < -0.39 is 0 Å². The maximum atomic E-state index is 9.55. The van der Waals surface area contributed by atoms with Crippen molar-refractivity contribution in [2.45, 2.75) is 32.3 Å². The zero-order valence-corrected chi connectivity index (χ0v) is 7.43. The quantitative estimate of drug-likeness (QED) is 0.607. The molecular formula is C9H17NO. The maximum Gasteiger partial charge on any atom is 0.0632 e. The van der Waals surface area contributed by atoms with E-state index >= 15 is 0 Å². The Morgan fingerprint density at radius 3 is 2.27 bits per heavy atom. The summed E-state index contributed by atoms with van der Waals surface area (Å²) in [5.74, 6) is 0. The van der Waals surface area contributed by atoms with Crippen molar-refractivity contribution >= 4 is 0 Å². The van der Waals surface area contributed by atoms with Gasteiger partial charge in [0.2, 0.25) is 0 Å². The number of hydrogen-bond donors (Lipinski definition) is 1. The Labute approximate surface area is 68.2 Å². The molecule has 2 rings (SSSR count). The smallest absolute Gasteiger partial charge is 0.0632 e. The van der Waals surface area contributed by atoms with Gasteiger partial charge in [-0.3, -0.25) is 0 Å². The van der Waals surface area contributed by atoms with Gasteiger partial charge in [-0.2, -0.15) is 0 Å². The number of nitrogens with zero attached hydrogens (tertiary/aromatic N) is 1. The molecular weight excluding hydrogens is 138 g/mol. The third-order valence-electron chi connectivity index (χ3n) is 3.08. The molecule has 1 saturated heterocycles. The minimum Gasteiger partial charge on any atom is -0.390 e. The van der Waals surface area contributed by atoms with Crippen LogP contribution in [0.3, 0.4) is 0 Å². The van der Waals surface area contributed by atoms with E-state index in [4.69, 9.17) is 0 Å². The Hall–Kier alpha value is -0.0800. The first-order chi connectivity index (χ1) is 5.05. The lowest BCUT2D eigenvalue weighted by Crippen LogP contribution is -2.66. The van der Waals surface area contributed by atoms with Gasteiger partial charge in [-0.25, -0.2) is 0 Å². The summed E-state index contributed by atoms with van der Waals surface area (Å²) in [6.45, 7) is 7.76. The fourth-order valence-electron chi connectivity index (χ4n) is 2.91. The lowest BCUT2D eigenvalue weighted by atomic mass is 9.56. The summed E-state index contributed by atoms with van der Waals surface area (Å²) >= 11 is 0. The molecule has 0 aromatic heterocycles. The van der Waals surface area contributed by atoms with Gasteiger partial charge in [0.15, 0.2) is 0 Å². The molecule has 0 aromatic rings. The molecule has 1 aliphatic heterocycles. The predicted molar refractivity (Wildman–Crippen MR) is 44.4 cm³/mol. The summed E-state index contributed by atoms with van der Waals surface area (Å²) in [6.07, 6.45) is 2.05. The second-order valence-corrected chi connectivity index (χ2v) is 4.65. The van der Waals surface area contributed by atoms with Crippen LogP contribution in [0.2, 0.25) is 0 Å². The summed E-state index contributed by atoms with van der Waals surface area (Å²) in [5.41, 5.74) is 0.194. The fourth-order valence-corrected chi connectivity index (χ4v) is 2.91. The molecule has 2 fully saturated rings. The van der Waals surface area contributed by atoms with E-state index in [-0.39, 0.29) is 5.60 Å². The van der Waals surface area contributed by atoms with Crippen molar-refractivity contribution in [1.82, 2.24) is 4.90 Å². The van der Waals surface area contributed by atoms with Crippen LogP contribution in [0.25, 0.3) is 0 Å². The summed E-state index contributed by atoms with van der Waals surface area (Å²) in [4.78, 5) is 2.44. The van der Waals surface area contributed by atoms with E-state index in [0.29, 0.717) is 5.41 Å². The fraction of sp³-hybridized carbons (Fsp3) is 1.00. The predicted octanol–water partition coefficient (Wildman–Crippen LogP) is 0.853. The van der Waals surface area contributed by atoms with Crippen molar-refractivity contribution < 1.29 is 5.11 Å². The van der Waals surface area contributed by atoms with Crippen LogP contribution in [0.4, 0.5) is 0 Å². The highest BCUT2D eigenvalue weighted by Gasteiger charge is 2.56. The molecule has 11 heavy (non-hydrogen) atoms. The third kappa shape index (κ3) is 1.09. The van der Waals surface area contributed by atoms with Crippen LogP contribution in [0.5, 0.6) is 0 Å². The average Bonchev–Trinajstić information content (AvgIpc) is 1.75. The minimum atomic E-state index is -0.334. The first kappa shape index (κ1) is 7.56. The highest BCUT2D eigenvalue weighted by molar-refractivity contribution is 5.09. The topological polar surface area (TPSA) is 23.5 Å². The van der Waals surface area contributed by atoms with E-state index in [0.717, 1.165) is 12.8 Å². The Balaban J connectivity index is 1.83. The molecule has 0 amide bonds. The molecule has 2 nitrogen and oxygen atoms in total. The summed E-state index contributed by atoms with van der Waals surface area (Å²) < 4.78 is 0. The van der Waals surface area contributed by atoms with E-state index in [2.05, 4.69) is 11.8 Å². The molecule has 0 radical (unpaired) electrons. The van der Waals surface area contributed by atoms with Gasteiger partial charge < -0.3 is 10.0 Å². The molecule has 1 spiro atoms. The Morgan fingerprint density at radius 1 is 1.36 bits per heavy atom. The lowest BCUT2D eigenvalue weighted by molar-refractivity contribution is -0.179. The molecule has 0 aromatic carbocycles. The summed E-state index contributed by atoms with van der Waals surface area (Å²) in [6, 6.07) is 0. The van der Waals surface area contributed by atoms with E-state index in [9.17, 15) is 5.11 Å². The van der Waals surface area contributed by atoms with Gasteiger partial charge in [0.1, 0.15) is 0 Å². The average molecular weight is 155 g/mol. The monoisotopic (exact) mass is 155 g/mol. The van der Waals surface area contributed by atoms with Gasteiger partial charge >= 0.3 is 0 Å². The van der Waals surface area contributed by atoms with E-state index in [1.54, 1.807) is 0 Å². The van der Waals surface area contributed by atoms with Crippen LogP contribution >= 0.6 is 0 Å². The SMILES string of the molecule is CCN1CC2(C1)CC(C)(O)C2. The van der Waals surface area contributed by atoms with Crippen LogP contribution < -0.4 is 0 Å². The van der Waals surface area contributed by atoms with Crippen LogP contribution in [-0.2, 0) is 0 Å². The van der Waals surface area contributed by atoms with Gasteiger partial charge in [-0.15, -0.1) is 0 Å². The van der Waals surface area contributed by atoms with Gasteiger partial charge in [0.25, 0.3) is 0 Å². The van der Waals surface area contributed by atoms with Gasteiger partial charge in [0, 0.05) is 18.5 Å². The second kappa shape index (κ2) is 1.99. The summed E-state index contributed by atoms with van der Waals surface area (Å²) in [5, 5.41) is 9.55. The molecule has 0 bridgehead atoms. The molecule has 64 valence electrons. The molecule has 1 heterocycles. The van der Waals surface area contributed by atoms with Crippen molar-refractivity contribution in [3.8, 4) is 0 Å². The number of hydrogen-bond acceptors (Lipinski definition) is 2. The normalized spacial score (nSPS) is 33.0. The zero-order valence-electron chi connectivity index (χ0n) is 7.43. The molecule has 1 N–H and O–H groups in total. The number of likely N-dealkylation sites (tertiary alicyclic amines) is 1. The van der Waals surface area contributed by atoms with Gasteiger partial charge in [-0.1, -0.05) is 6.92 Å². The Bertz CT molecular complexity index is 160. The Kier molecular flexibility index (Phi) is 1.37. The van der Waals surface area contributed by atoms with Gasteiger partial charge in [-0.05, 0) is 26.3 Å². The highest BCUT2D eigenvalue weighted by Crippen LogP contribution is 2.53. The highest BCUT2D eigenvalue weighted by atomic mass is 16.3. The lowest BCUT2D eigenvalue weighted by Gasteiger charge is -2.61. The number of aliphatic hydroxyl groups is 1. The molecule has 0 unspecified atom stereocenters. The maximum absolute atomic E-state index is 9.55. The second-order valence-electron chi connectivity index (χ2n) is 4.65. The van der Waals surface area contributed by atoms with Crippen molar-refractivity contribution in [1.29, 1.82) is 0 Å². The first-order valence-corrected chi connectivity index (χ1v) is 4.50. The minimum absolute atomic E-state index is 0.334. The van der Waals surface area contributed by atoms with Crippen LogP contribution in [0, 0.1) is 5.41 Å². The molecule has 1 saturated carbocycles. The standard InChI is InChI=1S/C9H17NO/c1-3-10-6-9(7-10)4-8(2,11)5-9/h11H,3-7H2,1-2H3. The van der Waals surface area contributed by atoms with Crippen molar-refractivity contribution in [3.05, 3.63) is 0 Å². The molecule has 0 atom stereocenters. The largest absolute Gasteiger partial charge is 0.390 e. The molecule has 2 heteroatoms. The van der Waals surface area contributed by atoms with Crippen LogP contribution in [-0.4, -0.2) is 35.2 Å².